The first-order chi connectivity index (χ1) is 11.2. The molecule has 4 rings (SSSR count). The highest BCUT2D eigenvalue weighted by atomic mass is 32.1. The molecule has 1 aromatic carbocycles. The number of quaternary nitrogens is 1. The fourth-order valence-corrected chi connectivity index (χ4v) is 4.43. The molecule has 2 aromatic rings. The zero-order valence-electron chi connectivity index (χ0n) is 13.5. The van der Waals surface area contributed by atoms with E-state index in [-0.39, 0.29) is 11.9 Å². The first-order valence-electron chi connectivity index (χ1n) is 8.48. The molecule has 0 spiro atoms. The third kappa shape index (κ3) is 2.93. The number of benzene rings is 1. The third-order valence-corrected chi connectivity index (χ3v) is 6.01. The molecule has 4 heteroatoms. The summed E-state index contributed by atoms with van der Waals surface area (Å²) in [4.78, 5) is 16.4. The van der Waals surface area contributed by atoms with Crippen LogP contribution in [0.25, 0.3) is 0 Å². The van der Waals surface area contributed by atoms with E-state index in [4.69, 9.17) is 0 Å². The average molecular weight is 327 g/mol. The highest BCUT2D eigenvalue weighted by Gasteiger charge is 2.35. The number of amides is 1. The van der Waals surface area contributed by atoms with Crippen LogP contribution in [0.15, 0.2) is 35.7 Å². The van der Waals surface area contributed by atoms with Gasteiger partial charge in [0.05, 0.1) is 12.1 Å². The number of fused-ring (bicyclic) bond motifs is 1. The van der Waals surface area contributed by atoms with Crippen molar-refractivity contribution in [1.82, 2.24) is 4.90 Å². The Kier molecular flexibility index (Phi) is 3.95. The molecular formula is C19H23N2OS+. The molecule has 2 aliphatic rings. The van der Waals surface area contributed by atoms with Gasteiger partial charge in [0.1, 0.15) is 0 Å². The van der Waals surface area contributed by atoms with Crippen molar-refractivity contribution in [3.8, 4) is 0 Å². The molecule has 1 atom stereocenters. The summed E-state index contributed by atoms with van der Waals surface area (Å²) in [5.74, 6) is 0.280. The van der Waals surface area contributed by atoms with E-state index in [1.807, 2.05) is 11.3 Å². The van der Waals surface area contributed by atoms with Crippen molar-refractivity contribution in [2.45, 2.75) is 38.3 Å². The van der Waals surface area contributed by atoms with Gasteiger partial charge in [0.25, 0.3) is 5.91 Å². The lowest BCUT2D eigenvalue weighted by Gasteiger charge is -2.36. The minimum absolute atomic E-state index is 0.0892. The van der Waals surface area contributed by atoms with Crippen LogP contribution in [0.3, 0.4) is 0 Å². The van der Waals surface area contributed by atoms with Gasteiger partial charge in [-0.05, 0) is 41.5 Å². The SMILES string of the molecule is Cc1ccccc1[C@@H]1c2ccsc2CCN1C(=O)C[NH2+]C1CC1. The Morgan fingerprint density at radius 1 is 1.26 bits per heavy atom. The van der Waals surface area contributed by atoms with Crippen molar-refractivity contribution in [2.24, 2.45) is 0 Å². The van der Waals surface area contributed by atoms with E-state index in [1.54, 1.807) is 0 Å². The van der Waals surface area contributed by atoms with Gasteiger partial charge in [0.2, 0.25) is 0 Å². The van der Waals surface area contributed by atoms with Crippen LogP contribution in [0.4, 0.5) is 0 Å². The van der Waals surface area contributed by atoms with Crippen LogP contribution >= 0.6 is 11.3 Å². The predicted molar refractivity (Wildman–Crippen MR) is 92.6 cm³/mol. The van der Waals surface area contributed by atoms with Crippen LogP contribution in [0.5, 0.6) is 0 Å². The summed E-state index contributed by atoms with van der Waals surface area (Å²) in [6.07, 6.45) is 3.52. The Morgan fingerprint density at radius 3 is 2.87 bits per heavy atom. The van der Waals surface area contributed by atoms with Crippen LogP contribution in [0, 0.1) is 6.92 Å². The molecule has 3 nitrogen and oxygen atoms in total. The summed E-state index contributed by atoms with van der Waals surface area (Å²) in [6.45, 7) is 3.57. The van der Waals surface area contributed by atoms with Crippen LogP contribution in [0.2, 0.25) is 0 Å². The molecule has 120 valence electrons. The van der Waals surface area contributed by atoms with Crippen LogP contribution in [-0.2, 0) is 11.2 Å². The number of hydrogen-bond acceptors (Lipinski definition) is 2. The van der Waals surface area contributed by atoms with Crippen LogP contribution < -0.4 is 5.32 Å². The molecule has 1 amide bonds. The van der Waals surface area contributed by atoms with Gasteiger partial charge in [-0.15, -0.1) is 11.3 Å². The predicted octanol–water partition coefficient (Wildman–Crippen LogP) is 2.26. The maximum atomic E-state index is 12.9. The van der Waals surface area contributed by atoms with Gasteiger partial charge in [-0.2, -0.15) is 0 Å². The summed E-state index contributed by atoms with van der Waals surface area (Å²) < 4.78 is 0. The van der Waals surface area contributed by atoms with Crippen molar-refractivity contribution in [3.05, 3.63) is 57.3 Å². The summed E-state index contributed by atoms with van der Waals surface area (Å²) >= 11 is 1.83. The minimum Gasteiger partial charge on any atom is -0.336 e. The lowest BCUT2D eigenvalue weighted by molar-refractivity contribution is -0.658. The molecule has 1 aliphatic heterocycles. The summed E-state index contributed by atoms with van der Waals surface area (Å²) in [6, 6.07) is 11.5. The number of thiophene rings is 1. The topological polar surface area (TPSA) is 36.9 Å². The zero-order chi connectivity index (χ0) is 15.8. The maximum Gasteiger partial charge on any atom is 0.278 e. The van der Waals surface area contributed by atoms with Gasteiger partial charge < -0.3 is 10.2 Å². The number of aryl methyl sites for hydroxylation is 1. The van der Waals surface area contributed by atoms with E-state index < -0.39 is 0 Å². The fourth-order valence-electron chi connectivity index (χ4n) is 3.53. The lowest BCUT2D eigenvalue weighted by atomic mass is 9.90. The largest absolute Gasteiger partial charge is 0.336 e. The number of carbonyl (C=O) groups is 1. The quantitative estimate of drug-likeness (QED) is 0.919. The van der Waals surface area contributed by atoms with Crippen molar-refractivity contribution >= 4 is 17.2 Å². The molecular weight excluding hydrogens is 304 g/mol. The molecule has 2 heterocycles. The molecule has 0 unspecified atom stereocenters. The van der Waals surface area contributed by atoms with Gasteiger partial charge in [0, 0.05) is 24.3 Å². The molecule has 0 radical (unpaired) electrons. The first kappa shape index (κ1) is 14.9. The Balaban J connectivity index is 1.67. The van der Waals surface area contributed by atoms with E-state index in [1.165, 1.54) is 34.4 Å². The molecule has 1 aliphatic carbocycles. The van der Waals surface area contributed by atoms with E-state index >= 15 is 0 Å². The smallest absolute Gasteiger partial charge is 0.278 e. The second kappa shape index (κ2) is 6.10. The van der Waals surface area contributed by atoms with Gasteiger partial charge in [-0.25, -0.2) is 0 Å². The first-order valence-corrected chi connectivity index (χ1v) is 9.36. The number of carbonyl (C=O) groups excluding carboxylic acids is 1. The monoisotopic (exact) mass is 327 g/mol. The summed E-state index contributed by atoms with van der Waals surface area (Å²) in [5.41, 5.74) is 3.86. The number of nitrogens with two attached hydrogens (primary N) is 1. The zero-order valence-corrected chi connectivity index (χ0v) is 14.3. The van der Waals surface area contributed by atoms with E-state index in [0.717, 1.165) is 13.0 Å². The molecule has 0 bridgehead atoms. The second-order valence-electron chi connectivity index (χ2n) is 6.67. The van der Waals surface area contributed by atoms with E-state index in [9.17, 15) is 4.79 Å². The Bertz CT molecular complexity index is 720. The molecule has 1 fully saturated rings. The van der Waals surface area contributed by atoms with Gasteiger partial charge in [0.15, 0.2) is 6.54 Å². The lowest BCUT2D eigenvalue weighted by Crippen LogP contribution is -2.88. The summed E-state index contributed by atoms with van der Waals surface area (Å²) in [5, 5.41) is 4.39. The van der Waals surface area contributed by atoms with Crippen molar-refractivity contribution in [3.63, 3.8) is 0 Å². The Morgan fingerprint density at radius 2 is 2.09 bits per heavy atom. The standard InChI is InChI=1S/C19H22N2OS/c1-13-4-2-3-5-15(13)19-16-9-11-23-17(16)8-10-21(19)18(22)12-20-14-6-7-14/h2-5,9,11,14,19-20H,6-8,10,12H2,1H3/p+1/t19-/m1/s1. The maximum absolute atomic E-state index is 12.9. The number of nitrogens with zero attached hydrogens (tertiary/aromatic N) is 1. The van der Waals surface area contributed by atoms with Crippen molar-refractivity contribution < 1.29 is 10.1 Å². The molecule has 1 aromatic heterocycles. The second-order valence-corrected chi connectivity index (χ2v) is 7.67. The molecule has 1 saturated carbocycles. The van der Waals surface area contributed by atoms with Crippen LogP contribution in [-0.4, -0.2) is 29.9 Å². The van der Waals surface area contributed by atoms with Gasteiger partial charge in [-0.1, -0.05) is 24.3 Å². The number of hydrogen-bond donors (Lipinski definition) is 1. The molecule has 2 N–H and O–H groups in total. The minimum atomic E-state index is 0.0892. The normalized spacial score (nSPS) is 20.4. The third-order valence-electron chi connectivity index (χ3n) is 5.02. The molecule has 0 saturated heterocycles. The summed E-state index contributed by atoms with van der Waals surface area (Å²) in [7, 11) is 0. The van der Waals surface area contributed by atoms with E-state index in [0.29, 0.717) is 12.6 Å². The van der Waals surface area contributed by atoms with Crippen molar-refractivity contribution in [1.29, 1.82) is 0 Å². The van der Waals surface area contributed by atoms with E-state index in [2.05, 4.69) is 52.9 Å². The number of rotatable bonds is 4. The Hall–Kier alpha value is -1.65. The van der Waals surface area contributed by atoms with Gasteiger partial charge >= 0.3 is 0 Å². The van der Waals surface area contributed by atoms with Crippen LogP contribution in [0.1, 0.15) is 40.5 Å². The average Bonchev–Trinajstić information content (AvgIpc) is 3.27. The van der Waals surface area contributed by atoms with Crippen molar-refractivity contribution in [2.75, 3.05) is 13.1 Å². The molecule has 23 heavy (non-hydrogen) atoms. The highest BCUT2D eigenvalue weighted by molar-refractivity contribution is 7.10. The van der Waals surface area contributed by atoms with Gasteiger partial charge in [-0.3, -0.25) is 4.79 Å². The highest BCUT2D eigenvalue weighted by Crippen LogP contribution is 2.38. The fraction of sp³-hybridized carbons (Fsp3) is 0.421. The Labute approximate surface area is 141 Å².